The molecule has 0 aliphatic rings. The summed E-state index contributed by atoms with van der Waals surface area (Å²) in [5.41, 5.74) is 0. The molecule has 0 saturated heterocycles. The Morgan fingerprint density at radius 3 is 1.61 bits per heavy atom. The van der Waals surface area contributed by atoms with Gasteiger partial charge in [0.05, 0.1) is 25.9 Å². The highest BCUT2D eigenvalue weighted by molar-refractivity contribution is 7.47. The third kappa shape index (κ3) is 45.3. The number of rotatable bonds is 41. The van der Waals surface area contributed by atoms with Crippen molar-refractivity contribution >= 4 is 27.6 Å². The van der Waals surface area contributed by atoms with Crippen molar-refractivity contribution in [3.63, 3.8) is 0 Å². The molecule has 0 aliphatic heterocycles. The number of hydrogen-bond donors (Lipinski definition) is 5. The predicted octanol–water partition coefficient (Wildman–Crippen LogP) is 10.9. The monoisotopic (exact) mass is 940 g/mol. The van der Waals surface area contributed by atoms with Crippen LogP contribution in [0.15, 0.2) is 109 Å². The fourth-order valence-electron chi connectivity index (χ4n) is 5.30. The van der Waals surface area contributed by atoms with Crippen molar-refractivity contribution in [1.82, 2.24) is 0 Å². The maximum absolute atomic E-state index is 12.7. The minimum atomic E-state index is -4.90. The molecule has 0 fully saturated rings. The summed E-state index contributed by atoms with van der Waals surface area (Å²) in [6, 6.07) is 0. The molecule has 0 aliphatic carbocycles. The molecule has 0 bridgehead atoms. The SMILES string of the molecule is CC/C=C\C/C=C\C/C=C\C/C=C\C/C=C\C=C/C(O)CCC(=O)OC[C@H](COP(=O)(O)OC[C@@H](O)COP(=O)(O)O)OC(=O)CCC/C=C\C/C=C\C/C=C\CCCCCCCC. The molecule has 16 heteroatoms. The van der Waals surface area contributed by atoms with Gasteiger partial charge in [-0.1, -0.05) is 155 Å². The van der Waals surface area contributed by atoms with Gasteiger partial charge in [-0.3, -0.25) is 23.2 Å². The van der Waals surface area contributed by atoms with E-state index in [-0.39, 0.29) is 19.3 Å². The van der Waals surface area contributed by atoms with E-state index >= 15 is 0 Å². The Morgan fingerprint density at radius 2 is 1.03 bits per heavy atom. The third-order valence-electron chi connectivity index (χ3n) is 8.75. The lowest BCUT2D eigenvalue weighted by Crippen LogP contribution is -2.30. The number of aliphatic hydroxyl groups excluding tert-OH is 2. The molecule has 0 aromatic rings. The second-order valence-electron chi connectivity index (χ2n) is 14.8. The van der Waals surface area contributed by atoms with Gasteiger partial charge in [-0.05, 0) is 77.0 Å². The summed E-state index contributed by atoms with van der Waals surface area (Å²) >= 11 is 0. The Balaban J connectivity index is 4.82. The molecule has 14 nitrogen and oxygen atoms in total. The van der Waals surface area contributed by atoms with Crippen molar-refractivity contribution in [2.45, 2.75) is 154 Å². The normalized spacial score (nSPS) is 15.4. The average molecular weight is 941 g/mol. The molecular weight excluding hydrogens is 862 g/mol. The lowest BCUT2D eigenvalue weighted by Gasteiger charge is -2.20. The molecule has 0 amide bonds. The van der Waals surface area contributed by atoms with Crippen LogP contribution < -0.4 is 0 Å². The number of aliphatic hydroxyl groups is 2. The summed E-state index contributed by atoms with van der Waals surface area (Å²) in [5.74, 6) is -1.39. The van der Waals surface area contributed by atoms with E-state index in [1.165, 1.54) is 44.6 Å². The molecule has 0 aromatic heterocycles. The zero-order valence-electron chi connectivity index (χ0n) is 38.2. The maximum atomic E-state index is 12.7. The zero-order chi connectivity index (χ0) is 47.4. The summed E-state index contributed by atoms with van der Waals surface area (Å²) in [6.45, 7) is 1.29. The Hall–Kier alpha value is -3.26. The standard InChI is InChI=1S/C48H78O14P2/c1-3-5-7-9-11-13-15-17-19-21-23-25-27-29-31-33-35-37-48(52)62-46(43-61-64(56,57)60-41-45(50)40-59-63(53,54)55)42-58-47(51)39-38-44(49)36-34-32-30-28-26-24-22-20-18-16-14-12-10-8-6-4-2/h6,8,12,14,17-20,23-26,29-32,34,36,44-46,49-50H,3-5,7,9-11,13,15-16,21-22,27-28,33,35,37-43H2,1-2H3,(H,56,57)(H2,53,54,55)/b8-6-,14-12-,19-17-,20-18-,25-23-,26-24-,31-29-,32-30-,36-34-/t44?,45-,46+/m0/s1. The van der Waals surface area contributed by atoms with Gasteiger partial charge in [-0.25, -0.2) is 9.13 Å². The van der Waals surface area contributed by atoms with E-state index in [1.807, 2.05) is 24.3 Å². The molecule has 4 atom stereocenters. The van der Waals surface area contributed by atoms with Crippen molar-refractivity contribution in [3.8, 4) is 0 Å². The number of phosphoric acid groups is 2. The number of esters is 2. The quantitative estimate of drug-likeness (QED) is 0.0127. The first-order valence-corrected chi connectivity index (χ1v) is 25.7. The van der Waals surface area contributed by atoms with Gasteiger partial charge in [-0.2, -0.15) is 0 Å². The lowest BCUT2D eigenvalue weighted by molar-refractivity contribution is -0.161. The average Bonchev–Trinajstić information content (AvgIpc) is 3.25. The molecule has 2 unspecified atom stereocenters. The first-order valence-electron chi connectivity index (χ1n) is 22.7. The van der Waals surface area contributed by atoms with Crippen LogP contribution in [0.25, 0.3) is 0 Å². The number of carbonyl (C=O) groups is 2. The number of allylic oxidation sites excluding steroid dienone is 17. The molecule has 64 heavy (non-hydrogen) atoms. The van der Waals surface area contributed by atoms with Gasteiger partial charge in [-0.15, -0.1) is 0 Å². The smallest absolute Gasteiger partial charge is 0.462 e. The predicted molar refractivity (Wildman–Crippen MR) is 254 cm³/mol. The summed E-state index contributed by atoms with van der Waals surface area (Å²) in [4.78, 5) is 52.7. The van der Waals surface area contributed by atoms with E-state index in [4.69, 9.17) is 23.8 Å². The summed E-state index contributed by atoms with van der Waals surface area (Å²) in [7, 11) is -9.78. The van der Waals surface area contributed by atoms with Crippen LogP contribution in [-0.4, -0.2) is 81.6 Å². The molecule has 0 spiro atoms. The minimum absolute atomic E-state index is 0.00346. The van der Waals surface area contributed by atoms with Gasteiger partial charge in [0.1, 0.15) is 12.7 Å². The molecule has 5 N–H and O–H groups in total. The highest BCUT2D eigenvalue weighted by Gasteiger charge is 2.28. The molecule has 0 rings (SSSR count). The van der Waals surface area contributed by atoms with E-state index in [0.717, 1.165) is 51.4 Å². The van der Waals surface area contributed by atoms with Crippen molar-refractivity contribution in [2.24, 2.45) is 0 Å². The fraction of sp³-hybridized carbons (Fsp3) is 0.583. The van der Waals surface area contributed by atoms with Crippen molar-refractivity contribution in [2.75, 3.05) is 26.4 Å². The number of phosphoric ester groups is 2. The van der Waals surface area contributed by atoms with Crippen LogP contribution in [0.2, 0.25) is 0 Å². The molecule has 0 heterocycles. The second-order valence-corrected chi connectivity index (χ2v) is 17.5. The van der Waals surface area contributed by atoms with Gasteiger partial charge in [0.2, 0.25) is 0 Å². The summed E-state index contributed by atoms with van der Waals surface area (Å²) < 4.78 is 47.6. The highest BCUT2D eigenvalue weighted by atomic mass is 31.2. The van der Waals surface area contributed by atoms with Gasteiger partial charge < -0.3 is 34.4 Å². The molecule has 364 valence electrons. The van der Waals surface area contributed by atoms with Crippen molar-refractivity contribution in [3.05, 3.63) is 109 Å². The second kappa shape index (κ2) is 42.4. The van der Waals surface area contributed by atoms with Gasteiger partial charge >= 0.3 is 27.6 Å². The van der Waals surface area contributed by atoms with Crippen molar-refractivity contribution < 1.29 is 66.7 Å². The highest BCUT2D eigenvalue weighted by Crippen LogP contribution is 2.43. The van der Waals surface area contributed by atoms with Crippen LogP contribution in [0.5, 0.6) is 0 Å². The van der Waals surface area contributed by atoms with Gasteiger partial charge in [0, 0.05) is 12.8 Å². The minimum Gasteiger partial charge on any atom is -0.462 e. The number of unbranched alkanes of at least 4 members (excludes halogenated alkanes) is 7. The van der Waals surface area contributed by atoms with Crippen LogP contribution in [0, 0.1) is 0 Å². The van der Waals surface area contributed by atoms with Crippen LogP contribution in [0.1, 0.15) is 136 Å². The maximum Gasteiger partial charge on any atom is 0.472 e. The van der Waals surface area contributed by atoms with Crippen LogP contribution in [0.4, 0.5) is 0 Å². The molecule has 0 radical (unpaired) electrons. The third-order valence-corrected chi connectivity index (χ3v) is 10.2. The topological polar surface area (TPSA) is 216 Å². The molecule has 0 saturated carbocycles. The first kappa shape index (κ1) is 60.7. The van der Waals surface area contributed by atoms with E-state index in [0.29, 0.717) is 12.8 Å². The summed E-state index contributed by atoms with van der Waals surface area (Å²) in [6.07, 6.45) is 48.5. The lowest BCUT2D eigenvalue weighted by atomic mass is 10.1. The number of hydrogen-bond acceptors (Lipinski definition) is 11. The van der Waals surface area contributed by atoms with Gasteiger partial charge in [0.25, 0.3) is 0 Å². The Labute approximate surface area is 383 Å². The van der Waals surface area contributed by atoms with Crippen LogP contribution in [-0.2, 0) is 41.8 Å². The van der Waals surface area contributed by atoms with E-state index < -0.39 is 72.3 Å². The zero-order valence-corrected chi connectivity index (χ0v) is 40.0. The van der Waals surface area contributed by atoms with Crippen LogP contribution in [0.3, 0.4) is 0 Å². The fourth-order valence-corrected chi connectivity index (χ4v) is 6.45. The summed E-state index contributed by atoms with van der Waals surface area (Å²) in [5, 5.41) is 20.0. The van der Waals surface area contributed by atoms with Crippen LogP contribution >= 0.6 is 15.6 Å². The van der Waals surface area contributed by atoms with Gasteiger partial charge in [0.15, 0.2) is 6.10 Å². The molecular formula is C48H78O14P2. The van der Waals surface area contributed by atoms with E-state index in [2.05, 4.69) is 89.7 Å². The largest absolute Gasteiger partial charge is 0.472 e. The van der Waals surface area contributed by atoms with E-state index in [9.17, 15) is 33.8 Å². The van der Waals surface area contributed by atoms with E-state index in [1.54, 1.807) is 12.2 Å². The Kier molecular flexibility index (Phi) is 40.2. The number of carbonyl (C=O) groups excluding carboxylic acids is 2. The Bertz CT molecular complexity index is 1560. The number of ether oxygens (including phenoxy) is 2. The molecule has 0 aromatic carbocycles. The first-order chi connectivity index (χ1) is 30.8. The Morgan fingerprint density at radius 1 is 0.531 bits per heavy atom. The van der Waals surface area contributed by atoms with Crippen molar-refractivity contribution in [1.29, 1.82) is 0 Å².